The van der Waals surface area contributed by atoms with Crippen LogP contribution < -0.4 is 5.56 Å². The average molecular weight is 340 g/mol. The van der Waals surface area contributed by atoms with Crippen LogP contribution in [0.2, 0.25) is 0 Å². The third-order valence-electron chi connectivity index (χ3n) is 3.84. The lowest BCUT2D eigenvalue weighted by molar-refractivity contribution is 0.0701. The molecule has 6 heteroatoms. The summed E-state index contributed by atoms with van der Waals surface area (Å²) < 4.78 is 1.37. The van der Waals surface area contributed by atoms with Crippen molar-refractivity contribution < 1.29 is 9.90 Å². The molecule has 0 radical (unpaired) electrons. The summed E-state index contributed by atoms with van der Waals surface area (Å²) in [6.45, 7) is 5.34. The number of aryl methyl sites for hydroxylation is 2. The molecule has 0 amide bonds. The van der Waals surface area contributed by atoms with Crippen LogP contribution in [0, 0.1) is 20.8 Å². The Morgan fingerprint density at radius 1 is 1.25 bits per heavy atom. The van der Waals surface area contributed by atoms with Crippen LogP contribution in [0.3, 0.4) is 0 Å². The second kappa shape index (κ2) is 6.05. The average Bonchev–Trinajstić information content (AvgIpc) is 2.86. The monoisotopic (exact) mass is 340 g/mol. The van der Waals surface area contributed by atoms with Gasteiger partial charge in [0, 0.05) is 5.56 Å². The molecule has 0 bridgehead atoms. The first-order valence-electron chi connectivity index (χ1n) is 7.39. The Morgan fingerprint density at radius 2 is 2.00 bits per heavy atom. The fraction of sp³-hybridized carbons (Fsp3) is 0.167. The smallest absolute Gasteiger partial charge is 0.347 e. The zero-order valence-electron chi connectivity index (χ0n) is 13.5. The van der Waals surface area contributed by atoms with Crippen molar-refractivity contribution in [3.8, 4) is 0 Å². The van der Waals surface area contributed by atoms with E-state index >= 15 is 0 Å². The quantitative estimate of drug-likeness (QED) is 0.791. The maximum Gasteiger partial charge on any atom is 0.347 e. The Bertz CT molecular complexity index is 1040. The van der Waals surface area contributed by atoms with E-state index in [2.05, 4.69) is 4.98 Å². The Labute approximate surface area is 142 Å². The first kappa shape index (κ1) is 16.1. The molecule has 0 saturated carbocycles. The van der Waals surface area contributed by atoms with Gasteiger partial charge in [0.05, 0.1) is 11.4 Å². The zero-order valence-corrected chi connectivity index (χ0v) is 14.3. The minimum atomic E-state index is -1.04. The normalized spacial score (nSPS) is 11.5. The molecule has 2 aromatic heterocycles. The van der Waals surface area contributed by atoms with Crippen LogP contribution in [0.15, 0.2) is 29.1 Å². The van der Waals surface area contributed by atoms with Crippen molar-refractivity contribution in [2.75, 3.05) is 0 Å². The maximum atomic E-state index is 12.6. The third-order valence-corrected chi connectivity index (χ3v) is 4.97. The number of aromatic nitrogens is 2. The molecular formula is C18H16N2O3S. The highest BCUT2D eigenvalue weighted by molar-refractivity contribution is 7.18. The van der Waals surface area contributed by atoms with Gasteiger partial charge in [0.25, 0.3) is 5.56 Å². The molecule has 0 aliphatic carbocycles. The number of thiazole rings is 1. The number of nitrogens with zero attached hydrogens (tertiary/aromatic N) is 2. The first-order chi connectivity index (χ1) is 11.4. The van der Waals surface area contributed by atoms with Crippen LogP contribution in [0.1, 0.15) is 37.7 Å². The lowest BCUT2D eigenvalue weighted by Gasteiger charge is -2.02. The molecule has 24 heavy (non-hydrogen) atoms. The molecule has 0 atom stereocenters. The Balaban J connectivity index is 2.14. The van der Waals surface area contributed by atoms with Crippen molar-refractivity contribution in [3.05, 3.63) is 67.6 Å². The number of fused-ring (bicyclic) bond motifs is 1. The molecule has 122 valence electrons. The van der Waals surface area contributed by atoms with E-state index in [-0.39, 0.29) is 10.4 Å². The number of hydrogen-bond donors (Lipinski definition) is 1. The van der Waals surface area contributed by atoms with Crippen LogP contribution in [0.5, 0.6) is 0 Å². The van der Waals surface area contributed by atoms with Gasteiger partial charge in [-0.05, 0) is 32.4 Å². The number of rotatable bonds is 3. The Morgan fingerprint density at radius 3 is 2.67 bits per heavy atom. The standard InChI is InChI=1S/C18H16N2O3S/c1-10-5-4-6-13(9-10)7-8-14-11(2)16(21)20-12(3)15(17(22)23)24-18(20)19-14/h4-9H,1-3H3,(H,22,23)/b8-7+. The van der Waals surface area contributed by atoms with Crippen LogP contribution in [0.25, 0.3) is 17.1 Å². The summed E-state index contributed by atoms with van der Waals surface area (Å²) in [7, 11) is 0. The molecule has 0 spiro atoms. The minimum Gasteiger partial charge on any atom is -0.477 e. The molecule has 0 aliphatic rings. The van der Waals surface area contributed by atoms with E-state index in [1.807, 2.05) is 37.3 Å². The van der Waals surface area contributed by atoms with Gasteiger partial charge >= 0.3 is 5.97 Å². The largest absolute Gasteiger partial charge is 0.477 e. The molecule has 0 unspecified atom stereocenters. The van der Waals surface area contributed by atoms with Crippen molar-refractivity contribution in [2.24, 2.45) is 0 Å². The molecule has 0 saturated heterocycles. The first-order valence-corrected chi connectivity index (χ1v) is 8.21. The summed E-state index contributed by atoms with van der Waals surface area (Å²) in [5.41, 5.74) is 3.40. The van der Waals surface area contributed by atoms with Crippen LogP contribution in [-0.4, -0.2) is 20.5 Å². The van der Waals surface area contributed by atoms with Gasteiger partial charge in [0.15, 0.2) is 4.96 Å². The van der Waals surface area contributed by atoms with Gasteiger partial charge in [-0.3, -0.25) is 9.20 Å². The molecule has 0 fully saturated rings. The lowest BCUT2D eigenvalue weighted by Crippen LogP contribution is -2.19. The van der Waals surface area contributed by atoms with Crippen LogP contribution in [0.4, 0.5) is 0 Å². The van der Waals surface area contributed by atoms with E-state index in [0.717, 1.165) is 22.5 Å². The van der Waals surface area contributed by atoms with E-state index in [1.54, 1.807) is 19.9 Å². The lowest BCUT2D eigenvalue weighted by atomic mass is 10.1. The highest BCUT2D eigenvalue weighted by Gasteiger charge is 2.18. The summed E-state index contributed by atoms with van der Waals surface area (Å²) in [6, 6.07) is 7.99. The molecule has 2 heterocycles. The minimum absolute atomic E-state index is 0.138. The summed E-state index contributed by atoms with van der Waals surface area (Å²) >= 11 is 1.01. The SMILES string of the molecule is Cc1cccc(/C=C/c2nc3sc(C(=O)O)c(C)n3c(=O)c2C)c1. The summed E-state index contributed by atoms with van der Waals surface area (Å²) in [5, 5.41) is 9.23. The van der Waals surface area contributed by atoms with Gasteiger partial charge in [-0.1, -0.05) is 47.2 Å². The highest BCUT2D eigenvalue weighted by Crippen LogP contribution is 2.21. The predicted octanol–water partition coefficient (Wildman–Crippen LogP) is 3.55. The zero-order chi connectivity index (χ0) is 17.4. The van der Waals surface area contributed by atoms with Crippen molar-refractivity contribution in [3.63, 3.8) is 0 Å². The third kappa shape index (κ3) is 2.76. The number of hydrogen-bond acceptors (Lipinski definition) is 4. The van der Waals surface area contributed by atoms with Crippen molar-refractivity contribution >= 4 is 34.4 Å². The van der Waals surface area contributed by atoms with E-state index in [0.29, 0.717) is 21.9 Å². The van der Waals surface area contributed by atoms with Crippen molar-refractivity contribution in [1.82, 2.24) is 9.38 Å². The summed E-state index contributed by atoms with van der Waals surface area (Å²) in [6.07, 6.45) is 3.69. The number of benzene rings is 1. The molecule has 1 aromatic carbocycles. The molecule has 3 aromatic rings. The second-order valence-electron chi connectivity index (χ2n) is 5.61. The number of carboxylic acids is 1. The molecular weight excluding hydrogens is 324 g/mol. The van der Waals surface area contributed by atoms with Gasteiger partial charge < -0.3 is 5.11 Å². The van der Waals surface area contributed by atoms with Gasteiger partial charge in [0.2, 0.25) is 0 Å². The van der Waals surface area contributed by atoms with Crippen molar-refractivity contribution in [1.29, 1.82) is 0 Å². The van der Waals surface area contributed by atoms with Gasteiger partial charge in [0.1, 0.15) is 4.88 Å². The number of carboxylic acid groups (broad SMARTS) is 1. The molecule has 1 N–H and O–H groups in total. The summed E-state index contributed by atoms with van der Waals surface area (Å²) in [5.74, 6) is -1.04. The van der Waals surface area contributed by atoms with Crippen LogP contribution >= 0.6 is 11.3 Å². The van der Waals surface area contributed by atoms with Gasteiger partial charge in [-0.15, -0.1) is 0 Å². The highest BCUT2D eigenvalue weighted by atomic mass is 32.1. The second-order valence-corrected chi connectivity index (χ2v) is 6.59. The van der Waals surface area contributed by atoms with E-state index in [1.165, 1.54) is 4.40 Å². The van der Waals surface area contributed by atoms with Gasteiger partial charge in [-0.2, -0.15) is 0 Å². The molecule has 3 rings (SSSR count). The van der Waals surface area contributed by atoms with E-state index < -0.39 is 5.97 Å². The Hall–Kier alpha value is -2.73. The molecule has 0 aliphatic heterocycles. The maximum absolute atomic E-state index is 12.6. The van der Waals surface area contributed by atoms with E-state index in [9.17, 15) is 14.7 Å². The Kier molecular flexibility index (Phi) is 4.07. The van der Waals surface area contributed by atoms with Gasteiger partial charge in [-0.25, -0.2) is 9.78 Å². The fourth-order valence-corrected chi connectivity index (χ4v) is 3.51. The van der Waals surface area contributed by atoms with Crippen LogP contribution in [-0.2, 0) is 0 Å². The molecule has 5 nitrogen and oxygen atoms in total. The fourth-order valence-electron chi connectivity index (χ4n) is 2.54. The number of carbonyl (C=O) groups is 1. The van der Waals surface area contributed by atoms with E-state index in [4.69, 9.17) is 0 Å². The predicted molar refractivity (Wildman–Crippen MR) is 95.9 cm³/mol. The van der Waals surface area contributed by atoms with Crippen molar-refractivity contribution in [2.45, 2.75) is 20.8 Å². The summed E-state index contributed by atoms with van der Waals surface area (Å²) in [4.78, 5) is 28.8. The number of aromatic carboxylic acids is 1. The topological polar surface area (TPSA) is 71.7 Å².